The van der Waals surface area contributed by atoms with E-state index in [0.717, 1.165) is 68.3 Å². The molecular formula is C42H56Cl2N2O3. The normalized spacial score (nSPS) is 28.8. The molecule has 1 aromatic carbocycles. The third kappa shape index (κ3) is 10.2. The van der Waals surface area contributed by atoms with Crippen molar-refractivity contribution in [2.45, 2.75) is 96.2 Å². The van der Waals surface area contributed by atoms with E-state index in [-0.39, 0.29) is 12.0 Å². The first-order valence-electron chi connectivity index (χ1n) is 18.9. The number of aliphatic hydroxyl groups excluding tert-OH is 1. The number of nitrogens with one attached hydrogen (secondary N) is 1. The highest BCUT2D eigenvalue weighted by atomic mass is 35.5. The summed E-state index contributed by atoms with van der Waals surface area (Å²) in [7, 11) is 0. The highest BCUT2D eigenvalue weighted by Gasteiger charge is 2.31. The average molecular weight is 708 g/mol. The van der Waals surface area contributed by atoms with Crippen molar-refractivity contribution < 1.29 is 14.6 Å². The lowest BCUT2D eigenvalue weighted by Gasteiger charge is -2.38. The lowest BCUT2D eigenvalue weighted by Crippen LogP contribution is -2.43. The van der Waals surface area contributed by atoms with Crippen molar-refractivity contribution in [2.75, 3.05) is 32.8 Å². The Morgan fingerprint density at radius 2 is 1.78 bits per heavy atom. The van der Waals surface area contributed by atoms with E-state index in [9.17, 15) is 5.11 Å². The van der Waals surface area contributed by atoms with Crippen LogP contribution in [0.2, 0.25) is 0 Å². The van der Waals surface area contributed by atoms with Crippen molar-refractivity contribution in [1.82, 2.24) is 10.2 Å². The number of nitrogens with zero attached hydrogens (tertiary/aromatic N) is 1. The highest BCUT2D eigenvalue weighted by Crippen LogP contribution is 2.39. The molecule has 0 aromatic heterocycles. The number of aliphatic hydroxyl groups is 1. The molecule has 0 saturated carbocycles. The summed E-state index contributed by atoms with van der Waals surface area (Å²) in [4.78, 5) is 2.65. The van der Waals surface area contributed by atoms with Crippen LogP contribution >= 0.6 is 23.2 Å². The summed E-state index contributed by atoms with van der Waals surface area (Å²) in [6, 6.07) is 9.48. The van der Waals surface area contributed by atoms with Crippen molar-refractivity contribution in [2.24, 2.45) is 23.7 Å². The van der Waals surface area contributed by atoms with Crippen LogP contribution in [0.15, 0.2) is 88.4 Å². The second-order valence-electron chi connectivity index (χ2n) is 14.9. The molecule has 49 heavy (non-hydrogen) atoms. The fourth-order valence-corrected chi connectivity index (χ4v) is 9.07. The van der Waals surface area contributed by atoms with Crippen molar-refractivity contribution >= 4 is 28.8 Å². The maximum atomic E-state index is 11.3. The summed E-state index contributed by atoms with van der Waals surface area (Å²) in [6.07, 6.45) is 25.2. The summed E-state index contributed by atoms with van der Waals surface area (Å²) >= 11 is 12.6. The number of ether oxygens (including phenoxy) is 2. The second kappa shape index (κ2) is 17.8. The first kappa shape index (κ1) is 36.5. The molecule has 2 fully saturated rings. The van der Waals surface area contributed by atoms with Crippen LogP contribution in [-0.2, 0) is 9.47 Å². The number of allylic oxidation sites excluding steroid dienone is 7. The fourth-order valence-electron chi connectivity index (χ4n) is 8.45. The van der Waals surface area contributed by atoms with Gasteiger partial charge in [-0.05, 0) is 141 Å². The SMILES string of the molecule is CCC(CCC(c1ccc(/C2=C/C=C\C(C)CCC2)cc1)C1CCN(CC2C=C3OCCOC3=CC2)CC1)C(O)NC1C=C(Cl)C=C(Cl)C1. The number of benzene rings is 1. The largest absolute Gasteiger partial charge is 0.486 e. The molecule has 0 bridgehead atoms. The smallest absolute Gasteiger partial charge is 0.157 e. The summed E-state index contributed by atoms with van der Waals surface area (Å²) in [5, 5.41) is 16.1. The Kier molecular flexibility index (Phi) is 13.2. The number of halogens is 2. The Hall–Kier alpha value is -2.28. The quantitative estimate of drug-likeness (QED) is 0.212. The van der Waals surface area contributed by atoms with Crippen LogP contribution in [0.4, 0.5) is 0 Å². The van der Waals surface area contributed by atoms with Crippen molar-refractivity contribution in [1.29, 1.82) is 0 Å². The number of hydrogen-bond donors (Lipinski definition) is 2. The Bertz CT molecular complexity index is 1440. The molecule has 7 heteroatoms. The number of hydrogen-bond acceptors (Lipinski definition) is 5. The molecule has 6 atom stereocenters. The molecule has 2 saturated heterocycles. The molecule has 6 unspecified atom stereocenters. The van der Waals surface area contributed by atoms with Crippen LogP contribution in [0.25, 0.3) is 5.57 Å². The summed E-state index contributed by atoms with van der Waals surface area (Å²) in [5.74, 6) is 4.22. The Balaban J connectivity index is 1.12. The molecule has 0 amide bonds. The van der Waals surface area contributed by atoms with E-state index in [1.165, 1.54) is 42.4 Å². The van der Waals surface area contributed by atoms with Gasteiger partial charge in [0, 0.05) is 29.1 Å². The molecule has 2 heterocycles. The summed E-state index contributed by atoms with van der Waals surface area (Å²) in [5.41, 5.74) is 4.23. The van der Waals surface area contributed by atoms with Gasteiger partial charge in [0.1, 0.15) is 19.4 Å². The molecule has 6 rings (SSSR count). The third-order valence-corrected chi connectivity index (χ3v) is 11.9. The van der Waals surface area contributed by atoms with Crippen LogP contribution < -0.4 is 5.32 Å². The lowest BCUT2D eigenvalue weighted by atomic mass is 9.75. The van der Waals surface area contributed by atoms with E-state index in [0.29, 0.717) is 48.3 Å². The van der Waals surface area contributed by atoms with Gasteiger partial charge < -0.3 is 19.5 Å². The molecule has 2 aliphatic heterocycles. The van der Waals surface area contributed by atoms with E-state index >= 15 is 0 Å². The summed E-state index contributed by atoms with van der Waals surface area (Å²) in [6.45, 7) is 9.09. The standard InChI is InChI=1S/C42H56Cl2N2O3/c1-3-31(42(47)45-38-26-36(43)25-37(44)27-38)15-16-39(34-13-11-33(12-14-34)32-8-4-6-29(2)7-5-9-32)35-18-20-46(21-19-35)28-30-10-17-40-41(24-30)49-23-22-48-40/h4,6,8,11-14,17,24-26,29-31,35,38-39,42,45,47H,3,5,7,9-10,15-16,18-23,27-28H2,1-2H3/b6-4-,32-8+. The predicted octanol–water partition coefficient (Wildman–Crippen LogP) is 9.81. The third-order valence-electron chi connectivity index (χ3n) is 11.4. The maximum absolute atomic E-state index is 11.3. The van der Waals surface area contributed by atoms with Gasteiger partial charge in [0.2, 0.25) is 0 Å². The van der Waals surface area contributed by atoms with Gasteiger partial charge in [-0.25, -0.2) is 0 Å². The number of piperidine rings is 1. The maximum Gasteiger partial charge on any atom is 0.157 e. The van der Waals surface area contributed by atoms with Gasteiger partial charge in [-0.2, -0.15) is 0 Å². The lowest BCUT2D eigenvalue weighted by molar-refractivity contribution is 0.0536. The minimum absolute atomic E-state index is 0.0542. The fraction of sp³-hybridized carbons (Fsp3) is 0.571. The minimum atomic E-state index is -0.608. The van der Waals surface area contributed by atoms with Gasteiger partial charge in [0.15, 0.2) is 11.5 Å². The number of fused-ring (bicyclic) bond motifs is 1. The van der Waals surface area contributed by atoms with E-state index < -0.39 is 6.23 Å². The molecule has 5 aliphatic rings. The first-order valence-corrected chi connectivity index (χ1v) is 19.7. The zero-order valence-electron chi connectivity index (χ0n) is 29.5. The van der Waals surface area contributed by atoms with Crippen molar-refractivity contribution in [3.8, 4) is 0 Å². The van der Waals surface area contributed by atoms with Gasteiger partial charge >= 0.3 is 0 Å². The zero-order chi connectivity index (χ0) is 34.2. The highest BCUT2D eigenvalue weighted by molar-refractivity contribution is 6.35. The van der Waals surface area contributed by atoms with Crippen LogP contribution in [-0.4, -0.2) is 55.1 Å². The van der Waals surface area contributed by atoms with E-state index in [2.05, 4.69) is 78.7 Å². The second-order valence-corrected chi connectivity index (χ2v) is 15.8. The van der Waals surface area contributed by atoms with E-state index in [1.807, 2.05) is 6.08 Å². The zero-order valence-corrected chi connectivity index (χ0v) is 31.0. The minimum Gasteiger partial charge on any atom is -0.486 e. The summed E-state index contributed by atoms with van der Waals surface area (Å²) < 4.78 is 11.7. The van der Waals surface area contributed by atoms with Crippen LogP contribution in [0.3, 0.4) is 0 Å². The molecule has 2 N–H and O–H groups in total. The molecule has 0 spiro atoms. The van der Waals surface area contributed by atoms with Gasteiger partial charge in [-0.3, -0.25) is 5.32 Å². The molecule has 3 aliphatic carbocycles. The van der Waals surface area contributed by atoms with Gasteiger partial charge in [0.25, 0.3) is 0 Å². The predicted molar refractivity (Wildman–Crippen MR) is 203 cm³/mol. The molecular weight excluding hydrogens is 651 g/mol. The number of likely N-dealkylation sites (tertiary alicyclic amines) is 1. The van der Waals surface area contributed by atoms with Gasteiger partial charge in [-0.1, -0.05) is 79.5 Å². The Morgan fingerprint density at radius 1 is 1.00 bits per heavy atom. The van der Waals surface area contributed by atoms with E-state index in [1.54, 1.807) is 6.08 Å². The molecule has 266 valence electrons. The van der Waals surface area contributed by atoms with Crippen LogP contribution in [0.1, 0.15) is 95.1 Å². The van der Waals surface area contributed by atoms with Crippen molar-refractivity contribution in [3.63, 3.8) is 0 Å². The van der Waals surface area contributed by atoms with Gasteiger partial charge in [-0.15, -0.1) is 0 Å². The molecule has 1 aromatic rings. The average Bonchev–Trinajstić information content (AvgIpc) is 3.08. The topological polar surface area (TPSA) is 54.0 Å². The van der Waals surface area contributed by atoms with Crippen LogP contribution in [0, 0.1) is 23.7 Å². The van der Waals surface area contributed by atoms with Crippen molar-refractivity contribution in [3.05, 3.63) is 99.5 Å². The molecule has 5 nitrogen and oxygen atoms in total. The monoisotopic (exact) mass is 706 g/mol. The number of rotatable bonds is 12. The first-order chi connectivity index (χ1) is 23.8. The Labute approximate surface area is 304 Å². The van der Waals surface area contributed by atoms with Gasteiger partial charge in [0.05, 0.1) is 0 Å². The molecule has 0 radical (unpaired) electrons. The Morgan fingerprint density at radius 3 is 2.53 bits per heavy atom. The van der Waals surface area contributed by atoms with Crippen LogP contribution in [0.5, 0.6) is 0 Å². The van der Waals surface area contributed by atoms with E-state index in [4.69, 9.17) is 32.7 Å².